The van der Waals surface area contributed by atoms with Crippen LogP contribution in [0.2, 0.25) is 0 Å². The molecule has 0 aliphatic carbocycles. The van der Waals surface area contributed by atoms with Crippen molar-refractivity contribution in [2.75, 3.05) is 0 Å². The summed E-state index contributed by atoms with van der Waals surface area (Å²) in [5.41, 5.74) is 11.9. The molecule has 3 aromatic carbocycles. The number of thioether (sulfide) groups is 2. The third kappa shape index (κ3) is 8.01. The highest BCUT2D eigenvalue weighted by molar-refractivity contribution is 7.99. The van der Waals surface area contributed by atoms with Crippen LogP contribution in [0.5, 0.6) is 0 Å². The van der Waals surface area contributed by atoms with Crippen LogP contribution < -0.4 is 0 Å². The summed E-state index contributed by atoms with van der Waals surface area (Å²) < 4.78 is 0. The first-order chi connectivity index (χ1) is 18.8. The number of hydrogen-bond donors (Lipinski definition) is 0. The van der Waals surface area contributed by atoms with E-state index in [9.17, 15) is 0 Å². The third-order valence-electron chi connectivity index (χ3n) is 8.02. The van der Waals surface area contributed by atoms with Gasteiger partial charge in [0.15, 0.2) is 0 Å². The Hall–Kier alpha value is -1.64. The van der Waals surface area contributed by atoms with E-state index in [0.29, 0.717) is 35.5 Å². The Bertz CT molecular complexity index is 1100. The van der Waals surface area contributed by atoms with Crippen LogP contribution in [0.3, 0.4) is 0 Å². The van der Waals surface area contributed by atoms with Gasteiger partial charge in [0.05, 0.1) is 0 Å². The minimum Gasteiger partial charge on any atom is -0.121 e. The van der Waals surface area contributed by atoms with Crippen LogP contribution >= 0.6 is 23.5 Å². The first-order valence-electron chi connectivity index (χ1n) is 15.5. The Morgan fingerprint density at radius 1 is 0.425 bits per heavy atom. The smallest absolute Gasteiger partial charge is 0.0235 e. The molecule has 2 heteroatoms. The predicted molar refractivity (Wildman–Crippen MR) is 183 cm³/mol. The fourth-order valence-corrected chi connectivity index (χ4v) is 8.26. The van der Waals surface area contributed by atoms with E-state index in [4.69, 9.17) is 0 Å². The van der Waals surface area contributed by atoms with Gasteiger partial charge in [0.1, 0.15) is 0 Å². The van der Waals surface area contributed by atoms with Crippen LogP contribution in [0.1, 0.15) is 163 Å². The zero-order chi connectivity index (χ0) is 29.7. The minimum atomic E-state index is 0.516. The summed E-state index contributed by atoms with van der Waals surface area (Å²) in [6.07, 6.45) is 0. The zero-order valence-electron chi connectivity index (χ0n) is 27.3. The summed E-state index contributed by atoms with van der Waals surface area (Å²) in [5, 5.41) is 0. The van der Waals surface area contributed by atoms with Gasteiger partial charge in [0.2, 0.25) is 0 Å². The zero-order valence-corrected chi connectivity index (χ0v) is 28.9. The standard InChI is InChI=1S/C38H54S2/c1-23(2)31-17-33(25(5)6)37(34(18-31)26(7)8)39-21-29-15-13-14-16-30(29)22-40-38-35(27(9)10)19-32(24(3)4)20-36(38)28(11)12/h13-20,23-28H,21-22H2,1-12H3. The van der Waals surface area contributed by atoms with Crippen molar-refractivity contribution in [3.63, 3.8) is 0 Å². The molecule has 0 N–H and O–H groups in total. The molecule has 0 unspecified atom stereocenters. The number of rotatable bonds is 12. The van der Waals surface area contributed by atoms with Crippen molar-refractivity contribution in [2.45, 2.75) is 140 Å². The largest absolute Gasteiger partial charge is 0.121 e. The van der Waals surface area contributed by atoms with Gasteiger partial charge in [-0.15, -0.1) is 23.5 Å². The van der Waals surface area contributed by atoms with E-state index in [1.807, 2.05) is 0 Å². The van der Waals surface area contributed by atoms with Crippen molar-refractivity contribution < 1.29 is 0 Å². The second-order valence-corrected chi connectivity index (χ2v) is 15.3. The van der Waals surface area contributed by atoms with Crippen molar-refractivity contribution in [2.24, 2.45) is 0 Å². The van der Waals surface area contributed by atoms with Gasteiger partial charge in [-0.3, -0.25) is 0 Å². The van der Waals surface area contributed by atoms with Crippen LogP contribution in [-0.2, 0) is 11.5 Å². The molecule has 40 heavy (non-hydrogen) atoms. The van der Waals surface area contributed by atoms with Gasteiger partial charge in [0.25, 0.3) is 0 Å². The van der Waals surface area contributed by atoms with Gasteiger partial charge in [-0.25, -0.2) is 0 Å². The Morgan fingerprint density at radius 2 is 0.700 bits per heavy atom. The molecule has 0 saturated heterocycles. The van der Waals surface area contributed by atoms with E-state index >= 15 is 0 Å². The van der Waals surface area contributed by atoms with Gasteiger partial charge < -0.3 is 0 Å². The fourth-order valence-electron chi connectivity index (χ4n) is 5.25. The first kappa shape index (κ1) is 32.9. The molecule has 218 valence electrons. The lowest BCUT2D eigenvalue weighted by Gasteiger charge is -2.23. The van der Waals surface area contributed by atoms with E-state index < -0.39 is 0 Å². The van der Waals surface area contributed by atoms with Gasteiger partial charge in [-0.1, -0.05) is 132 Å². The lowest BCUT2D eigenvalue weighted by Crippen LogP contribution is -2.04. The third-order valence-corrected chi connectivity index (χ3v) is 10.5. The van der Waals surface area contributed by atoms with Crippen molar-refractivity contribution in [1.29, 1.82) is 0 Å². The fraction of sp³-hybridized carbons (Fsp3) is 0.526. The topological polar surface area (TPSA) is 0 Å². The van der Waals surface area contributed by atoms with Crippen LogP contribution in [0.25, 0.3) is 0 Å². The summed E-state index contributed by atoms with van der Waals surface area (Å²) in [6.45, 7) is 28.1. The number of hydrogen-bond acceptors (Lipinski definition) is 2. The molecule has 0 heterocycles. The van der Waals surface area contributed by atoms with E-state index in [1.54, 1.807) is 0 Å². The molecule has 0 aliphatic heterocycles. The van der Waals surface area contributed by atoms with Crippen LogP contribution in [0.15, 0.2) is 58.3 Å². The normalized spacial score (nSPS) is 12.2. The molecule has 0 atom stereocenters. The number of benzene rings is 3. The summed E-state index contributed by atoms with van der Waals surface area (Å²) in [7, 11) is 0. The summed E-state index contributed by atoms with van der Waals surface area (Å²) in [5.74, 6) is 5.18. The molecule has 0 aromatic heterocycles. The molecule has 0 spiro atoms. The maximum Gasteiger partial charge on any atom is 0.0235 e. The van der Waals surface area contributed by atoms with Crippen LogP contribution in [0, 0.1) is 0 Å². The van der Waals surface area contributed by atoms with Crippen LogP contribution in [-0.4, -0.2) is 0 Å². The summed E-state index contributed by atoms with van der Waals surface area (Å²) in [6, 6.07) is 19.1. The highest BCUT2D eigenvalue weighted by atomic mass is 32.2. The van der Waals surface area contributed by atoms with E-state index in [1.165, 1.54) is 54.3 Å². The predicted octanol–water partition coefficient (Wildman–Crippen LogP) is 13.0. The lowest BCUT2D eigenvalue weighted by atomic mass is 9.89. The molecule has 0 aliphatic rings. The quantitative estimate of drug-likeness (QED) is 0.197. The molecule has 0 saturated carbocycles. The van der Waals surface area contributed by atoms with E-state index in [-0.39, 0.29) is 0 Å². The first-order valence-corrected chi connectivity index (χ1v) is 17.5. The average Bonchev–Trinajstić information content (AvgIpc) is 2.89. The maximum atomic E-state index is 2.48. The SMILES string of the molecule is CC(C)c1cc(C(C)C)c(SCc2ccccc2CSc2c(C(C)C)cc(C(C)C)cc2C(C)C)c(C(C)C)c1. The molecule has 0 radical (unpaired) electrons. The highest BCUT2D eigenvalue weighted by Gasteiger charge is 2.20. The second-order valence-electron chi connectivity index (χ2n) is 13.3. The van der Waals surface area contributed by atoms with Crippen molar-refractivity contribution in [3.05, 3.63) is 93.0 Å². The van der Waals surface area contributed by atoms with Gasteiger partial charge in [-0.05, 0) is 80.0 Å². The molecule has 0 fully saturated rings. The van der Waals surface area contributed by atoms with Crippen molar-refractivity contribution >= 4 is 23.5 Å². The molecular weight excluding hydrogens is 521 g/mol. The second kappa shape index (κ2) is 14.5. The Balaban J connectivity index is 1.94. The van der Waals surface area contributed by atoms with Crippen molar-refractivity contribution in [1.82, 2.24) is 0 Å². The average molecular weight is 575 g/mol. The van der Waals surface area contributed by atoms with Gasteiger partial charge in [-0.2, -0.15) is 0 Å². The molecule has 0 amide bonds. The molecule has 3 aromatic rings. The Labute approximate surface area is 255 Å². The molecule has 0 nitrogen and oxygen atoms in total. The molecular formula is C38H54S2. The summed E-state index contributed by atoms with van der Waals surface area (Å²) in [4.78, 5) is 3.01. The maximum absolute atomic E-state index is 2.48. The van der Waals surface area contributed by atoms with E-state index in [0.717, 1.165) is 11.5 Å². The Kier molecular flexibility index (Phi) is 11.9. The van der Waals surface area contributed by atoms with Crippen molar-refractivity contribution in [3.8, 4) is 0 Å². The monoisotopic (exact) mass is 574 g/mol. The highest BCUT2D eigenvalue weighted by Crippen LogP contribution is 2.42. The van der Waals surface area contributed by atoms with Gasteiger partial charge in [0, 0.05) is 21.3 Å². The minimum absolute atomic E-state index is 0.516. The van der Waals surface area contributed by atoms with E-state index in [2.05, 4.69) is 155 Å². The van der Waals surface area contributed by atoms with Crippen LogP contribution in [0.4, 0.5) is 0 Å². The molecule has 3 rings (SSSR count). The Morgan fingerprint density at radius 3 is 0.925 bits per heavy atom. The molecule has 0 bridgehead atoms. The lowest BCUT2D eigenvalue weighted by molar-refractivity contribution is 0.771. The summed E-state index contributed by atoms with van der Waals surface area (Å²) >= 11 is 4.10. The van der Waals surface area contributed by atoms with Gasteiger partial charge >= 0.3 is 0 Å².